The molecule has 132 valence electrons. The molecule has 0 amide bonds. The number of carbonyl (C=O) groups excluding carboxylic acids is 1. The summed E-state index contributed by atoms with van der Waals surface area (Å²) >= 11 is 0. The van der Waals surface area contributed by atoms with Crippen LogP contribution in [-0.2, 0) is 16.1 Å². The van der Waals surface area contributed by atoms with E-state index in [1.54, 1.807) is 0 Å². The molecular formula is C21H24O4. The van der Waals surface area contributed by atoms with Crippen molar-refractivity contribution in [3.63, 3.8) is 0 Å². The fourth-order valence-electron chi connectivity index (χ4n) is 3.49. The van der Waals surface area contributed by atoms with Crippen LogP contribution in [0.15, 0.2) is 45.1 Å². The molecule has 4 heteroatoms. The lowest BCUT2D eigenvalue weighted by Crippen LogP contribution is -2.12. The van der Waals surface area contributed by atoms with E-state index >= 15 is 0 Å². The summed E-state index contributed by atoms with van der Waals surface area (Å²) in [4.78, 5) is 24.3. The highest BCUT2D eigenvalue weighted by Crippen LogP contribution is 2.59. The topological polar surface area (TPSA) is 56.5 Å². The van der Waals surface area contributed by atoms with Gasteiger partial charge in [0.2, 0.25) is 0 Å². The Labute approximate surface area is 147 Å². The first-order chi connectivity index (χ1) is 11.7. The number of rotatable bonds is 4. The summed E-state index contributed by atoms with van der Waals surface area (Å²) in [5.74, 6) is -0.123. The van der Waals surface area contributed by atoms with Gasteiger partial charge in [-0.3, -0.25) is 4.79 Å². The fraction of sp³-hybridized carbons (Fsp3) is 0.429. The Morgan fingerprint density at radius 1 is 1.28 bits per heavy atom. The van der Waals surface area contributed by atoms with E-state index in [-0.39, 0.29) is 29.8 Å². The predicted octanol–water partition coefficient (Wildman–Crippen LogP) is 4.38. The van der Waals surface area contributed by atoms with Crippen LogP contribution in [0.2, 0.25) is 0 Å². The maximum atomic E-state index is 12.5. The standard InChI is InChI=1S/C21H24O4/c1-12(2)8-16-19(21(16,4)5)20(23)24-11-14-10-18(22)25-17-9-13(3)6-7-15(14)17/h6-10,16,19H,11H2,1-5H3/t16-,19-/m1/s1. The van der Waals surface area contributed by atoms with E-state index in [9.17, 15) is 9.59 Å². The summed E-state index contributed by atoms with van der Waals surface area (Å²) in [5.41, 5.74) is 2.90. The number of carbonyl (C=O) groups is 1. The molecule has 0 aliphatic heterocycles. The molecule has 2 aromatic rings. The van der Waals surface area contributed by atoms with Gasteiger partial charge in [-0.15, -0.1) is 0 Å². The second kappa shape index (κ2) is 6.17. The van der Waals surface area contributed by atoms with Gasteiger partial charge >= 0.3 is 11.6 Å². The van der Waals surface area contributed by atoms with Crippen molar-refractivity contribution in [2.45, 2.75) is 41.2 Å². The van der Waals surface area contributed by atoms with E-state index in [0.29, 0.717) is 11.1 Å². The predicted molar refractivity (Wildman–Crippen MR) is 97.2 cm³/mol. The number of fused-ring (bicyclic) bond motifs is 1. The number of benzene rings is 1. The lowest BCUT2D eigenvalue weighted by molar-refractivity contribution is -0.147. The lowest BCUT2D eigenvalue weighted by Gasteiger charge is -2.08. The quantitative estimate of drug-likeness (QED) is 0.471. The first kappa shape index (κ1) is 17.5. The second-order valence-electron chi connectivity index (χ2n) is 7.77. The molecule has 0 N–H and O–H groups in total. The zero-order chi connectivity index (χ0) is 18.4. The third-order valence-corrected chi connectivity index (χ3v) is 5.03. The first-order valence-corrected chi connectivity index (χ1v) is 8.55. The summed E-state index contributed by atoms with van der Waals surface area (Å²) in [5, 5.41) is 0.800. The summed E-state index contributed by atoms with van der Waals surface area (Å²) in [6, 6.07) is 7.06. The zero-order valence-corrected chi connectivity index (χ0v) is 15.4. The van der Waals surface area contributed by atoms with E-state index < -0.39 is 5.63 Å². The van der Waals surface area contributed by atoms with Crippen LogP contribution in [0.4, 0.5) is 0 Å². The van der Waals surface area contributed by atoms with Crippen LogP contribution in [0.3, 0.4) is 0 Å². The Bertz CT molecular complexity index is 913. The number of hydrogen-bond acceptors (Lipinski definition) is 4. The van der Waals surface area contributed by atoms with E-state index in [4.69, 9.17) is 9.15 Å². The molecule has 3 rings (SSSR count). The number of aryl methyl sites for hydroxylation is 1. The second-order valence-corrected chi connectivity index (χ2v) is 7.77. The summed E-state index contributed by atoms with van der Waals surface area (Å²) in [6.45, 7) is 10.3. The van der Waals surface area contributed by atoms with Crippen molar-refractivity contribution < 1.29 is 13.9 Å². The third kappa shape index (κ3) is 3.39. The Kier molecular flexibility index (Phi) is 4.31. The van der Waals surface area contributed by atoms with Gasteiger partial charge in [-0.25, -0.2) is 4.79 Å². The average molecular weight is 340 g/mol. The van der Waals surface area contributed by atoms with Gasteiger partial charge in [0, 0.05) is 17.0 Å². The van der Waals surface area contributed by atoms with Gasteiger partial charge in [0.05, 0.1) is 5.92 Å². The molecule has 2 atom stereocenters. The lowest BCUT2D eigenvalue weighted by atomic mass is 10.1. The molecule has 1 heterocycles. The maximum absolute atomic E-state index is 12.5. The Hall–Kier alpha value is -2.36. The van der Waals surface area contributed by atoms with Crippen molar-refractivity contribution in [3.05, 3.63) is 57.5 Å². The van der Waals surface area contributed by atoms with E-state index in [0.717, 1.165) is 10.9 Å². The first-order valence-electron chi connectivity index (χ1n) is 8.55. The normalized spacial score (nSPS) is 21.0. The fourth-order valence-corrected chi connectivity index (χ4v) is 3.49. The van der Waals surface area contributed by atoms with Crippen LogP contribution in [0.1, 0.15) is 38.8 Å². The van der Waals surface area contributed by atoms with E-state index in [2.05, 4.69) is 19.9 Å². The monoisotopic (exact) mass is 340 g/mol. The summed E-state index contributed by atoms with van der Waals surface area (Å²) in [6.07, 6.45) is 2.14. The van der Waals surface area contributed by atoms with Crippen molar-refractivity contribution >= 4 is 16.9 Å². The molecule has 1 aliphatic rings. The van der Waals surface area contributed by atoms with Crippen molar-refractivity contribution in [3.8, 4) is 0 Å². The Balaban J connectivity index is 1.79. The van der Waals surface area contributed by atoms with Crippen LogP contribution in [0, 0.1) is 24.2 Å². The minimum absolute atomic E-state index is 0.0801. The van der Waals surface area contributed by atoms with Gasteiger partial charge in [-0.1, -0.05) is 37.6 Å². The number of esters is 1. The van der Waals surface area contributed by atoms with Crippen LogP contribution >= 0.6 is 0 Å². The van der Waals surface area contributed by atoms with Crippen molar-refractivity contribution in [1.29, 1.82) is 0 Å². The highest BCUT2D eigenvalue weighted by molar-refractivity contribution is 5.82. The minimum atomic E-state index is -0.432. The Morgan fingerprint density at radius 3 is 2.68 bits per heavy atom. The molecular weight excluding hydrogens is 316 g/mol. The third-order valence-electron chi connectivity index (χ3n) is 5.03. The average Bonchev–Trinajstić information content (AvgIpc) is 3.03. The molecule has 0 unspecified atom stereocenters. The molecule has 0 bridgehead atoms. The molecule has 25 heavy (non-hydrogen) atoms. The summed E-state index contributed by atoms with van der Waals surface area (Å²) in [7, 11) is 0. The van der Waals surface area contributed by atoms with Gasteiger partial charge in [0.15, 0.2) is 0 Å². The van der Waals surface area contributed by atoms with Gasteiger partial charge in [-0.2, -0.15) is 0 Å². The summed E-state index contributed by atoms with van der Waals surface area (Å²) < 4.78 is 10.8. The highest BCUT2D eigenvalue weighted by Gasteiger charge is 2.61. The largest absolute Gasteiger partial charge is 0.461 e. The SMILES string of the molecule is CC(C)=C[C@@H]1[C@H](C(=O)OCc2cc(=O)oc3cc(C)ccc23)C1(C)C. The molecule has 1 aromatic heterocycles. The number of allylic oxidation sites excluding steroid dienone is 2. The van der Waals surface area contributed by atoms with Crippen molar-refractivity contribution in [2.24, 2.45) is 17.3 Å². The molecule has 1 fully saturated rings. The molecule has 1 aromatic carbocycles. The number of hydrogen-bond donors (Lipinski definition) is 0. The molecule has 1 aliphatic carbocycles. The van der Waals surface area contributed by atoms with Crippen molar-refractivity contribution in [2.75, 3.05) is 0 Å². The maximum Gasteiger partial charge on any atom is 0.336 e. The highest BCUT2D eigenvalue weighted by atomic mass is 16.5. The van der Waals surface area contributed by atoms with E-state index in [1.165, 1.54) is 11.6 Å². The van der Waals surface area contributed by atoms with Crippen LogP contribution in [0.5, 0.6) is 0 Å². The van der Waals surface area contributed by atoms with Crippen molar-refractivity contribution in [1.82, 2.24) is 0 Å². The van der Waals surface area contributed by atoms with Gasteiger partial charge in [-0.05, 0) is 43.7 Å². The molecule has 0 radical (unpaired) electrons. The minimum Gasteiger partial charge on any atom is -0.461 e. The molecule has 1 saturated carbocycles. The molecule has 0 saturated heterocycles. The molecule has 0 spiro atoms. The van der Waals surface area contributed by atoms with E-state index in [1.807, 2.05) is 39.0 Å². The van der Waals surface area contributed by atoms with Crippen LogP contribution < -0.4 is 5.63 Å². The van der Waals surface area contributed by atoms with Gasteiger partial charge in [0.25, 0.3) is 0 Å². The molecule has 4 nitrogen and oxygen atoms in total. The van der Waals surface area contributed by atoms with Crippen LogP contribution in [-0.4, -0.2) is 5.97 Å². The zero-order valence-electron chi connectivity index (χ0n) is 15.4. The number of ether oxygens (including phenoxy) is 1. The van der Waals surface area contributed by atoms with Gasteiger partial charge < -0.3 is 9.15 Å². The van der Waals surface area contributed by atoms with Crippen LogP contribution in [0.25, 0.3) is 11.0 Å². The Morgan fingerprint density at radius 2 is 2.00 bits per heavy atom. The van der Waals surface area contributed by atoms with Gasteiger partial charge in [0.1, 0.15) is 12.2 Å². The smallest absolute Gasteiger partial charge is 0.336 e.